The zero-order chi connectivity index (χ0) is 16.4. The zero-order valence-corrected chi connectivity index (χ0v) is 14.4. The first kappa shape index (κ1) is 15.9. The average molecular weight is 331 g/mol. The van der Waals surface area contributed by atoms with Crippen LogP contribution in [0.5, 0.6) is 0 Å². The molecule has 0 aliphatic heterocycles. The van der Waals surface area contributed by atoms with E-state index in [1.54, 1.807) is 16.0 Å². The average Bonchev–Trinajstić information content (AvgIpc) is 3.12. The van der Waals surface area contributed by atoms with E-state index >= 15 is 0 Å². The molecular formula is C16H21N5OS. The minimum Gasteiger partial charge on any atom is -0.396 e. The Labute approximate surface area is 139 Å². The van der Waals surface area contributed by atoms with E-state index in [1.807, 2.05) is 20.9 Å². The SMILES string of the molecule is Cc1nc(NC[C@@H](CO)Cc2ccsc2)c2c(C)nn(C)c2n1. The van der Waals surface area contributed by atoms with E-state index in [4.69, 9.17) is 0 Å². The fraction of sp³-hybridized carbons (Fsp3) is 0.438. The number of thiophene rings is 1. The van der Waals surface area contributed by atoms with Gasteiger partial charge >= 0.3 is 0 Å². The number of nitrogens with one attached hydrogen (secondary N) is 1. The number of aromatic nitrogens is 4. The van der Waals surface area contributed by atoms with Crippen molar-refractivity contribution in [1.82, 2.24) is 19.7 Å². The molecule has 3 aromatic rings. The third-order valence-electron chi connectivity index (χ3n) is 3.89. The van der Waals surface area contributed by atoms with Gasteiger partial charge in [-0.15, -0.1) is 0 Å². The predicted molar refractivity (Wildman–Crippen MR) is 92.9 cm³/mol. The molecule has 0 aromatic carbocycles. The second-order valence-electron chi connectivity index (χ2n) is 5.79. The number of anilines is 1. The molecule has 0 aliphatic carbocycles. The fourth-order valence-electron chi connectivity index (χ4n) is 2.76. The third-order valence-corrected chi connectivity index (χ3v) is 4.62. The monoisotopic (exact) mass is 331 g/mol. The first-order valence-corrected chi connectivity index (χ1v) is 8.56. The lowest BCUT2D eigenvalue weighted by atomic mass is 10.0. The number of aliphatic hydroxyl groups excluding tert-OH is 1. The minimum absolute atomic E-state index is 0.141. The molecule has 0 spiro atoms. The molecule has 3 rings (SSSR count). The van der Waals surface area contributed by atoms with Gasteiger partial charge in [0.2, 0.25) is 0 Å². The molecular weight excluding hydrogens is 310 g/mol. The Morgan fingerprint density at radius 1 is 1.35 bits per heavy atom. The van der Waals surface area contributed by atoms with Crippen molar-refractivity contribution >= 4 is 28.2 Å². The van der Waals surface area contributed by atoms with E-state index < -0.39 is 0 Å². The Morgan fingerprint density at radius 3 is 2.87 bits per heavy atom. The lowest BCUT2D eigenvalue weighted by Gasteiger charge is -2.15. The van der Waals surface area contributed by atoms with Crippen LogP contribution in [0.25, 0.3) is 11.0 Å². The maximum atomic E-state index is 9.64. The Morgan fingerprint density at radius 2 is 2.17 bits per heavy atom. The van der Waals surface area contributed by atoms with Crippen molar-refractivity contribution in [2.75, 3.05) is 18.5 Å². The van der Waals surface area contributed by atoms with Crippen LogP contribution >= 0.6 is 11.3 Å². The summed E-state index contributed by atoms with van der Waals surface area (Å²) < 4.78 is 1.78. The maximum Gasteiger partial charge on any atom is 0.163 e. The summed E-state index contributed by atoms with van der Waals surface area (Å²) >= 11 is 1.68. The standard InChI is InChI=1S/C16H21N5OS/c1-10-14-15(18-11(2)19-16(14)21(3)20-10)17-7-13(8-22)6-12-4-5-23-9-12/h4-5,9,13,22H,6-8H2,1-3H3,(H,17,18,19)/t13-/m0/s1. The summed E-state index contributed by atoms with van der Waals surface area (Å²) in [6, 6.07) is 2.10. The number of nitrogens with zero attached hydrogens (tertiary/aromatic N) is 4. The van der Waals surface area contributed by atoms with E-state index in [9.17, 15) is 5.11 Å². The third kappa shape index (κ3) is 3.35. The second-order valence-corrected chi connectivity index (χ2v) is 6.57. The summed E-state index contributed by atoms with van der Waals surface area (Å²) in [5.41, 5.74) is 3.00. The summed E-state index contributed by atoms with van der Waals surface area (Å²) in [5, 5.41) is 22.6. The molecule has 0 bridgehead atoms. The maximum absolute atomic E-state index is 9.64. The molecule has 0 amide bonds. The quantitative estimate of drug-likeness (QED) is 0.725. The van der Waals surface area contributed by atoms with Crippen LogP contribution in [-0.2, 0) is 13.5 Å². The van der Waals surface area contributed by atoms with Crippen molar-refractivity contribution in [3.63, 3.8) is 0 Å². The molecule has 7 heteroatoms. The molecule has 2 N–H and O–H groups in total. The molecule has 6 nitrogen and oxygen atoms in total. The van der Waals surface area contributed by atoms with Crippen LogP contribution in [0.3, 0.4) is 0 Å². The van der Waals surface area contributed by atoms with Crippen molar-refractivity contribution < 1.29 is 5.11 Å². The van der Waals surface area contributed by atoms with Gasteiger partial charge < -0.3 is 10.4 Å². The lowest BCUT2D eigenvalue weighted by Crippen LogP contribution is -2.21. The van der Waals surface area contributed by atoms with Gasteiger partial charge in [-0.2, -0.15) is 16.4 Å². The fourth-order valence-corrected chi connectivity index (χ4v) is 3.44. The number of aliphatic hydroxyl groups is 1. The van der Waals surface area contributed by atoms with E-state index in [-0.39, 0.29) is 12.5 Å². The van der Waals surface area contributed by atoms with Gasteiger partial charge in [0, 0.05) is 26.1 Å². The van der Waals surface area contributed by atoms with Crippen LogP contribution < -0.4 is 5.32 Å². The van der Waals surface area contributed by atoms with Gasteiger partial charge in [-0.3, -0.25) is 4.68 Å². The normalized spacial score (nSPS) is 12.7. The summed E-state index contributed by atoms with van der Waals surface area (Å²) in [7, 11) is 1.89. The molecule has 0 unspecified atom stereocenters. The smallest absolute Gasteiger partial charge is 0.163 e. The van der Waals surface area contributed by atoms with Crippen LogP contribution in [0.15, 0.2) is 16.8 Å². The van der Waals surface area contributed by atoms with Crippen LogP contribution in [0.2, 0.25) is 0 Å². The topological polar surface area (TPSA) is 75.9 Å². The van der Waals surface area contributed by atoms with Crippen LogP contribution in [-0.4, -0.2) is 38.0 Å². The van der Waals surface area contributed by atoms with Crippen molar-refractivity contribution in [2.45, 2.75) is 20.3 Å². The predicted octanol–water partition coefficient (Wildman–Crippen LogP) is 2.30. The molecule has 3 aromatic heterocycles. The van der Waals surface area contributed by atoms with Crippen molar-refractivity contribution in [3.05, 3.63) is 33.9 Å². The zero-order valence-electron chi connectivity index (χ0n) is 13.6. The molecule has 0 radical (unpaired) electrons. The molecule has 23 heavy (non-hydrogen) atoms. The molecule has 0 fully saturated rings. The number of fused-ring (bicyclic) bond motifs is 1. The number of aryl methyl sites for hydroxylation is 3. The van der Waals surface area contributed by atoms with Crippen molar-refractivity contribution in [3.8, 4) is 0 Å². The van der Waals surface area contributed by atoms with Crippen molar-refractivity contribution in [2.24, 2.45) is 13.0 Å². The molecule has 0 saturated heterocycles. The van der Waals surface area contributed by atoms with Gasteiger partial charge in [-0.05, 0) is 42.7 Å². The van der Waals surface area contributed by atoms with Gasteiger partial charge in [-0.25, -0.2) is 9.97 Å². The van der Waals surface area contributed by atoms with Crippen LogP contribution in [0.4, 0.5) is 5.82 Å². The van der Waals surface area contributed by atoms with Gasteiger partial charge in [0.25, 0.3) is 0 Å². The highest BCUT2D eigenvalue weighted by molar-refractivity contribution is 7.07. The van der Waals surface area contributed by atoms with E-state index in [0.717, 1.165) is 29.0 Å². The number of rotatable bonds is 6. The Balaban J connectivity index is 1.80. The lowest BCUT2D eigenvalue weighted by molar-refractivity contribution is 0.232. The molecule has 0 saturated carbocycles. The highest BCUT2D eigenvalue weighted by atomic mass is 32.1. The van der Waals surface area contributed by atoms with E-state index in [0.29, 0.717) is 12.4 Å². The van der Waals surface area contributed by atoms with Crippen LogP contribution in [0, 0.1) is 19.8 Å². The first-order valence-electron chi connectivity index (χ1n) is 7.62. The summed E-state index contributed by atoms with van der Waals surface area (Å²) in [4.78, 5) is 8.99. The Bertz CT molecular complexity index is 797. The molecule has 3 heterocycles. The summed E-state index contributed by atoms with van der Waals surface area (Å²) in [6.45, 7) is 4.64. The number of hydrogen-bond acceptors (Lipinski definition) is 6. The van der Waals surface area contributed by atoms with Gasteiger partial charge in [0.1, 0.15) is 11.6 Å². The summed E-state index contributed by atoms with van der Waals surface area (Å²) in [5.74, 6) is 1.65. The largest absolute Gasteiger partial charge is 0.396 e. The Kier molecular flexibility index (Phi) is 4.58. The first-order chi connectivity index (χ1) is 11.1. The summed E-state index contributed by atoms with van der Waals surface area (Å²) in [6.07, 6.45) is 0.853. The molecule has 0 aliphatic rings. The van der Waals surface area contributed by atoms with Gasteiger partial charge in [0.05, 0.1) is 11.1 Å². The van der Waals surface area contributed by atoms with E-state index in [2.05, 4.69) is 37.2 Å². The molecule has 122 valence electrons. The van der Waals surface area contributed by atoms with Crippen LogP contribution in [0.1, 0.15) is 17.1 Å². The molecule has 1 atom stereocenters. The second kappa shape index (κ2) is 6.64. The van der Waals surface area contributed by atoms with Crippen molar-refractivity contribution in [1.29, 1.82) is 0 Å². The minimum atomic E-state index is 0.141. The Hall–Kier alpha value is -1.99. The highest BCUT2D eigenvalue weighted by Gasteiger charge is 2.15. The highest BCUT2D eigenvalue weighted by Crippen LogP contribution is 2.24. The number of hydrogen-bond donors (Lipinski definition) is 2. The van der Waals surface area contributed by atoms with E-state index in [1.165, 1.54) is 5.56 Å². The van der Waals surface area contributed by atoms with Gasteiger partial charge in [-0.1, -0.05) is 0 Å². The van der Waals surface area contributed by atoms with Gasteiger partial charge in [0.15, 0.2) is 5.65 Å².